The van der Waals surface area contributed by atoms with Crippen LogP contribution < -0.4 is 41.4 Å². The van der Waals surface area contributed by atoms with Gasteiger partial charge < -0.3 is 48.1 Å². The number of nitrogens with one attached hydrogen (secondary N) is 1. The molecule has 446 valence electrons. The summed E-state index contributed by atoms with van der Waals surface area (Å²) >= 11 is 0. The zero-order valence-corrected chi connectivity index (χ0v) is 48.1. The highest BCUT2D eigenvalue weighted by Crippen LogP contribution is 2.43. The lowest BCUT2D eigenvalue weighted by Gasteiger charge is -2.37. The van der Waals surface area contributed by atoms with Gasteiger partial charge in [0.15, 0.2) is 0 Å². The molecule has 86 heavy (non-hydrogen) atoms. The van der Waals surface area contributed by atoms with E-state index in [0.717, 1.165) is 39.4 Å². The Morgan fingerprint density at radius 3 is 1.16 bits per heavy atom. The van der Waals surface area contributed by atoms with Crippen LogP contribution >= 0.6 is 0 Å². The lowest BCUT2D eigenvalue weighted by molar-refractivity contribution is -0.0822. The van der Waals surface area contributed by atoms with E-state index in [1.807, 2.05) is 158 Å². The summed E-state index contributed by atoms with van der Waals surface area (Å²) in [6, 6.07) is 60.6. The van der Waals surface area contributed by atoms with E-state index in [9.17, 15) is 34.2 Å². The van der Waals surface area contributed by atoms with Crippen LogP contribution in [0.5, 0.6) is 23.0 Å². The number of hydrogen-bond donors (Lipinski definition) is 3. The van der Waals surface area contributed by atoms with Gasteiger partial charge in [-0.05, 0) is 94.0 Å². The second-order valence-electron chi connectivity index (χ2n) is 19.4. The van der Waals surface area contributed by atoms with Crippen molar-refractivity contribution in [3.05, 3.63) is 293 Å². The van der Waals surface area contributed by atoms with Crippen LogP contribution in [0.25, 0.3) is 0 Å². The standard InChI is InChI=1S/C37H36N2O8.C30H32N2O7/c1-44-31-17-13-29(14-18-31)37(28-11-7-4-8-12-28,30-15-19-32(45-2)20-16-30)47-26-33(25-40)46-24-23-38-22-21-34(41)39(36(38)43)35(42)27-9-5-3-6-10-27;1-36-25-12-8-23(9-13-25)30(22-6-4-3-5-7-22,24-10-14-26(37-2)15-11-24)39-21-27(20-33)38-19-18-32-17-16-28(34)31-29(32)35/h3-22,33,40H,23-26H2,1-2H3;3-17,27,33H,18-21H2,1-2H3,(H,31,34,35)/t33-;27-/m00/s1. The quantitative estimate of drug-likeness (QED) is 0.0439. The smallest absolute Gasteiger partial charge is 0.338 e. The van der Waals surface area contributed by atoms with Gasteiger partial charge in [-0.25, -0.2) is 9.59 Å². The van der Waals surface area contributed by atoms with Crippen molar-refractivity contribution in [1.29, 1.82) is 0 Å². The fourth-order valence-electron chi connectivity index (χ4n) is 9.73. The van der Waals surface area contributed by atoms with Gasteiger partial charge in [0.2, 0.25) is 0 Å². The minimum absolute atomic E-state index is 0.00433. The lowest BCUT2D eigenvalue weighted by atomic mass is 9.80. The number of nitrogens with zero attached hydrogens (tertiary/aromatic N) is 3. The van der Waals surface area contributed by atoms with Gasteiger partial charge in [0.05, 0.1) is 81.2 Å². The first-order valence-corrected chi connectivity index (χ1v) is 27.5. The van der Waals surface area contributed by atoms with Crippen LogP contribution in [0.2, 0.25) is 0 Å². The molecule has 0 bridgehead atoms. The van der Waals surface area contributed by atoms with E-state index in [1.54, 1.807) is 46.6 Å². The number of H-pyrrole nitrogens is 1. The van der Waals surface area contributed by atoms with E-state index in [4.69, 9.17) is 37.9 Å². The summed E-state index contributed by atoms with van der Waals surface area (Å²) in [5.41, 5.74) is 0.657. The number of ether oxygens (including phenoxy) is 8. The van der Waals surface area contributed by atoms with Crippen LogP contribution in [-0.4, -0.2) is 115 Å². The minimum Gasteiger partial charge on any atom is -0.497 e. The van der Waals surface area contributed by atoms with Crippen molar-refractivity contribution in [3.63, 3.8) is 0 Å². The number of aliphatic hydroxyl groups is 2. The third kappa shape index (κ3) is 14.9. The first-order valence-electron chi connectivity index (χ1n) is 27.5. The van der Waals surface area contributed by atoms with Crippen molar-refractivity contribution in [3.8, 4) is 23.0 Å². The van der Waals surface area contributed by atoms with Crippen LogP contribution in [0.4, 0.5) is 0 Å². The van der Waals surface area contributed by atoms with E-state index in [-0.39, 0.29) is 58.3 Å². The molecule has 0 unspecified atom stereocenters. The van der Waals surface area contributed by atoms with Crippen molar-refractivity contribution >= 4 is 5.91 Å². The third-order valence-electron chi connectivity index (χ3n) is 14.3. The molecule has 0 aliphatic rings. The predicted octanol–water partition coefficient (Wildman–Crippen LogP) is 7.04. The lowest BCUT2D eigenvalue weighted by Crippen LogP contribution is -2.43. The molecule has 2 atom stereocenters. The number of carbonyl (C=O) groups excluding carboxylic acids is 1. The van der Waals surface area contributed by atoms with Gasteiger partial charge in [-0.3, -0.25) is 28.5 Å². The number of aromatic nitrogens is 4. The van der Waals surface area contributed by atoms with Gasteiger partial charge in [-0.1, -0.05) is 127 Å². The molecule has 2 heterocycles. The van der Waals surface area contributed by atoms with E-state index in [0.29, 0.717) is 27.6 Å². The third-order valence-corrected chi connectivity index (χ3v) is 14.3. The molecule has 0 aliphatic heterocycles. The molecule has 2 aromatic heterocycles. The molecule has 0 aliphatic carbocycles. The average Bonchev–Trinajstić information content (AvgIpc) is 0.942. The Bertz CT molecular complexity index is 3700. The van der Waals surface area contributed by atoms with Crippen LogP contribution in [0.15, 0.2) is 232 Å². The molecule has 7 aromatic carbocycles. The van der Waals surface area contributed by atoms with Crippen molar-refractivity contribution in [2.45, 2.75) is 36.5 Å². The Morgan fingerprint density at radius 1 is 0.453 bits per heavy atom. The van der Waals surface area contributed by atoms with E-state index < -0.39 is 51.8 Å². The Labute approximate surface area is 496 Å². The van der Waals surface area contributed by atoms with Crippen LogP contribution in [0, 0.1) is 0 Å². The number of methoxy groups -OCH3 is 4. The number of carbonyl (C=O) groups is 1. The number of hydrogen-bond acceptors (Lipinski definition) is 15. The maximum absolute atomic E-state index is 13.1. The Hall–Kier alpha value is -9.47. The number of rotatable bonds is 27. The predicted molar refractivity (Wildman–Crippen MR) is 323 cm³/mol. The van der Waals surface area contributed by atoms with Gasteiger partial charge in [-0.15, -0.1) is 0 Å². The summed E-state index contributed by atoms with van der Waals surface area (Å²) in [5.74, 6) is 2.09. The van der Waals surface area contributed by atoms with E-state index in [1.165, 1.54) is 39.7 Å². The SMILES string of the molecule is COc1ccc(C(OC[C@H](CO)OCCn2ccc(=O)[nH]c2=O)(c2ccccc2)c2ccc(OC)cc2)cc1.COc1ccc(C(OC[C@H](CO)OCCn2ccc(=O)n(C(=O)c3ccccc3)c2=O)(c2ccccc2)c2ccc(OC)cc2)cc1. The molecule has 19 heteroatoms. The topological polar surface area (TPSA) is 230 Å². The minimum atomic E-state index is -1.11. The molecular weight excluding hydrogens is 1100 g/mol. The molecule has 9 aromatic rings. The first-order chi connectivity index (χ1) is 41.9. The zero-order valence-electron chi connectivity index (χ0n) is 48.1. The maximum atomic E-state index is 13.1. The number of aliphatic hydroxyl groups excluding tert-OH is 2. The van der Waals surface area contributed by atoms with Crippen molar-refractivity contribution in [2.24, 2.45) is 0 Å². The normalized spacial score (nSPS) is 12.1. The monoisotopic (exact) mass is 1170 g/mol. The molecule has 9 rings (SSSR count). The molecule has 3 N–H and O–H groups in total. The maximum Gasteiger partial charge on any atom is 0.338 e. The second-order valence-corrected chi connectivity index (χ2v) is 19.4. The summed E-state index contributed by atoms with van der Waals surface area (Å²) in [6.45, 7) is -0.285. The van der Waals surface area contributed by atoms with Crippen LogP contribution in [0.3, 0.4) is 0 Å². The van der Waals surface area contributed by atoms with E-state index in [2.05, 4.69) is 4.98 Å². The van der Waals surface area contributed by atoms with Crippen molar-refractivity contribution < 1.29 is 52.9 Å². The van der Waals surface area contributed by atoms with Gasteiger partial charge in [0.1, 0.15) is 46.4 Å². The number of benzene rings is 7. The Balaban J connectivity index is 0.000000227. The summed E-state index contributed by atoms with van der Waals surface area (Å²) in [7, 11) is 6.44. The van der Waals surface area contributed by atoms with E-state index >= 15 is 0 Å². The van der Waals surface area contributed by atoms with Gasteiger partial charge in [-0.2, -0.15) is 4.57 Å². The highest BCUT2D eigenvalue weighted by atomic mass is 16.6. The van der Waals surface area contributed by atoms with Crippen molar-refractivity contribution in [2.75, 3.05) is 68.1 Å². The van der Waals surface area contributed by atoms with Crippen molar-refractivity contribution in [1.82, 2.24) is 18.7 Å². The van der Waals surface area contributed by atoms with Crippen LogP contribution in [-0.2, 0) is 43.2 Å². The molecule has 0 amide bonds. The van der Waals surface area contributed by atoms with Gasteiger partial charge in [0.25, 0.3) is 17.0 Å². The largest absolute Gasteiger partial charge is 0.497 e. The summed E-state index contributed by atoms with van der Waals surface area (Å²) in [6.07, 6.45) is 1.27. The molecule has 0 saturated carbocycles. The van der Waals surface area contributed by atoms with Gasteiger partial charge >= 0.3 is 11.4 Å². The molecule has 0 radical (unpaired) electrons. The Kier molecular flexibility index (Phi) is 22.1. The second kappa shape index (κ2) is 30.4. The fourth-order valence-corrected chi connectivity index (χ4v) is 9.73. The zero-order chi connectivity index (χ0) is 60.9. The molecule has 0 fully saturated rings. The average molecular weight is 1170 g/mol. The summed E-state index contributed by atoms with van der Waals surface area (Å²) in [4.78, 5) is 64.0. The fraction of sp³-hybridized carbons (Fsp3) is 0.239. The highest BCUT2D eigenvalue weighted by Gasteiger charge is 2.40. The molecule has 0 saturated heterocycles. The van der Waals surface area contributed by atoms with Crippen LogP contribution in [0.1, 0.15) is 43.7 Å². The molecule has 0 spiro atoms. The molecule has 19 nitrogen and oxygen atoms in total. The molecular formula is C67H68N4O15. The number of aromatic amines is 1. The summed E-state index contributed by atoms with van der Waals surface area (Å²) < 4.78 is 50.2. The van der Waals surface area contributed by atoms with Gasteiger partial charge in [0, 0.05) is 30.1 Å². The highest BCUT2D eigenvalue weighted by molar-refractivity contribution is 5.95. The first kappa shape index (κ1) is 62.6. The Morgan fingerprint density at radius 2 is 0.802 bits per heavy atom. The summed E-state index contributed by atoms with van der Waals surface area (Å²) in [5, 5.41) is 20.4.